The van der Waals surface area contributed by atoms with E-state index in [-0.39, 0.29) is 0 Å². The highest BCUT2D eigenvalue weighted by atomic mass is 16.3. The van der Waals surface area contributed by atoms with Crippen LogP contribution in [-0.4, -0.2) is 5.11 Å². The van der Waals surface area contributed by atoms with Crippen LogP contribution in [0.1, 0.15) is 13.8 Å². The molecule has 0 radical (unpaired) electrons. The van der Waals surface area contributed by atoms with E-state index in [0.717, 1.165) is 0 Å². The lowest BCUT2D eigenvalue weighted by molar-refractivity contribution is 0.420. The first-order valence-electron chi connectivity index (χ1n) is 1.96. The first kappa shape index (κ1) is 5.41. The summed E-state index contributed by atoms with van der Waals surface area (Å²) >= 11 is 0. The van der Waals surface area contributed by atoms with Gasteiger partial charge >= 0.3 is 0 Å². The van der Waals surface area contributed by atoms with Crippen LogP contribution in [0.2, 0.25) is 0 Å². The summed E-state index contributed by atoms with van der Waals surface area (Å²) in [5, 5.41) is 8.47. The molecular formula is C5H9O+. The molecule has 0 bridgehead atoms. The monoisotopic (exact) mass is 85.1 g/mol. The van der Waals surface area contributed by atoms with Gasteiger partial charge in [0.25, 0.3) is 5.76 Å². The van der Waals surface area contributed by atoms with Gasteiger partial charge < -0.3 is 5.11 Å². The maximum Gasteiger partial charge on any atom is 0.272 e. The van der Waals surface area contributed by atoms with Crippen molar-refractivity contribution in [1.82, 2.24) is 0 Å². The van der Waals surface area contributed by atoms with Crippen LogP contribution in [0.25, 0.3) is 0 Å². The van der Waals surface area contributed by atoms with Gasteiger partial charge in [-0.3, -0.25) is 0 Å². The fraction of sp³-hybridized carbons (Fsp3) is 0.400. The first-order valence-corrected chi connectivity index (χ1v) is 1.96. The smallest absolute Gasteiger partial charge is 0.272 e. The van der Waals surface area contributed by atoms with Gasteiger partial charge in [0.2, 0.25) is 0 Å². The number of allylic oxidation sites excluding steroid dienone is 2. The fourth-order valence-electron chi connectivity index (χ4n) is 0.167. The van der Waals surface area contributed by atoms with Crippen molar-refractivity contribution in [3.05, 3.63) is 18.3 Å². The second-order valence-electron chi connectivity index (χ2n) is 1.00. The van der Waals surface area contributed by atoms with E-state index in [1.165, 1.54) is 0 Å². The number of hydrogen-bond acceptors (Lipinski definition) is 1. The predicted octanol–water partition coefficient (Wildman–Crippen LogP) is 1.67. The third kappa shape index (κ3) is 1.70. The molecule has 0 saturated heterocycles. The summed E-state index contributed by atoms with van der Waals surface area (Å²) in [5.74, 6) is 0.343. The summed E-state index contributed by atoms with van der Waals surface area (Å²) in [6, 6.07) is 0. The van der Waals surface area contributed by atoms with Crippen LogP contribution in [0.5, 0.6) is 0 Å². The molecule has 0 heterocycles. The second kappa shape index (κ2) is 2.64. The van der Waals surface area contributed by atoms with Crippen LogP contribution < -0.4 is 0 Å². The van der Waals surface area contributed by atoms with Crippen LogP contribution >= 0.6 is 0 Å². The lowest BCUT2D eigenvalue weighted by atomic mass is 10.4. The molecule has 1 N–H and O–H groups in total. The van der Waals surface area contributed by atoms with E-state index in [1.54, 1.807) is 26.3 Å². The van der Waals surface area contributed by atoms with Gasteiger partial charge in [0, 0.05) is 13.8 Å². The summed E-state index contributed by atoms with van der Waals surface area (Å²) in [4.78, 5) is 0. The molecule has 0 rings (SSSR count). The van der Waals surface area contributed by atoms with Crippen molar-refractivity contribution in [2.45, 2.75) is 13.8 Å². The molecule has 0 fully saturated rings. The zero-order valence-electron chi connectivity index (χ0n) is 4.10. The standard InChI is InChI=1S/C5H8O/c1-3-5(6)4-2/h3-4H,1-2H3/p+1/b5-3-. The second-order valence-corrected chi connectivity index (χ2v) is 1.00. The van der Waals surface area contributed by atoms with Crippen LogP contribution in [0.15, 0.2) is 11.8 Å². The Bertz CT molecular complexity index is 55.0. The van der Waals surface area contributed by atoms with Crippen molar-refractivity contribution in [3.8, 4) is 0 Å². The Labute approximate surface area is 38.3 Å². The maximum atomic E-state index is 8.47. The lowest BCUT2D eigenvalue weighted by Gasteiger charge is -1.73. The first-order chi connectivity index (χ1) is 2.81. The zero-order valence-corrected chi connectivity index (χ0v) is 4.10. The average molecular weight is 85.1 g/mol. The highest BCUT2D eigenvalue weighted by molar-refractivity contribution is 4.98. The van der Waals surface area contributed by atoms with E-state index in [2.05, 4.69) is 0 Å². The summed E-state index contributed by atoms with van der Waals surface area (Å²) in [5.41, 5.74) is 0. The largest absolute Gasteiger partial charge is 0.478 e. The van der Waals surface area contributed by atoms with Crippen molar-refractivity contribution in [3.63, 3.8) is 0 Å². The molecule has 34 valence electrons. The molecule has 0 amide bonds. The van der Waals surface area contributed by atoms with E-state index in [4.69, 9.17) is 5.11 Å². The summed E-state index contributed by atoms with van der Waals surface area (Å²) in [6.45, 7) is 3.57. The van der Waals surface area contributed by atoms with E-state index < -0.39 is 0 Å². The van der Waals surface area contributed by atoms with Gasteiger partial charge in [-0.25, -0.2) is 0 Å². The molecule has 0 spiro atoms. The van der Waals surface area contributed by atoms with Gasteiger partial charge in [-0.2, -0.15) is 0 Å². The van der Waals surface area contributed by atoms with Gasteiger partial charge in [0.15, 0.2) is 0 Å². The molecule has 0 aliphatic rings. The highest BCUT2D eigenvalue weighted by Crippen LogP contribution is 1.88. The molecule has 0 unspecified atom stereocenters. The molecule has 0 aliphatic carbocycles. The number of rotatable bonds is 1. The topological polar surface area (TPSA) is 20.2 Å². The van der Waals surface area contributed by atoms with Crippen molar-refractivity contribution >= 4 is 0 Å². The Hall–Kier alpha value is -0.590. The molecule has 0 atom stereocenters. The normalized spacial score (nSPS) is 11.3. The molecule has 0 aromatic heterocycles. The van der Waals surface area contributed by atoms with Gasteiger partial charge in [-0.15, -0.1) is 0 Å². The number of aliphatic hydroxyl groups excluding tert-OH is 1. The summed E-state index contributed by atoms with van der Waals surface area (Å²) < 4.78 is 0. The van der Waals surface area contributed by atoms with Crippen molar-refractivity contribution in [1.29, 1.82) is 0 Å². The van der Waals surface area contributed by atoms with Crippen molar-refractivity contribution in [2.75, 3.05) is 0 Å². The average Bonchev–Trinajstić information content (AvgIpc) is 1.65. The van der Waals surface area contributed by atoms with Gasteiger partial charge in [-0.05, 0) is 0 Å². The van der Waals surface area contributed by atoms with Crippen molar-refractivity contribution in [2.24, 2.45) is 0 Å². The van der Waals surface area contributed by atoms with Gasteiger partial charge in [-0.1, -0.05) is 0 Å². The van der Waals surface area contributed by atoms with Crippen LogP contribution in [0.3, 0.4) is 0 Å². The van der Waals surface area contributed by atoms with Crippen LogP contribution in [0, 0.1) is 6.42 Å². The zero-order chi connectivity index (χ0) is 4.99. The minimum absolute atomic E-state index is 0.343. The summed E-state index contributed by atoms with van der Waals surface area (Å²) in [7, 11) is 0. The minimum atomic E-state index is 0.343. The number of hydrogen-bond donors (Lipinski definition) is 1. The Morgan fingerprint density at radius 3 is 2.33 bits per heavy atom. The molecule has 1 nitrogen and oxygen atoms in total. The maximum absolute atomic E-state index is 8.47. The van der Waals surface area contributed by atoms with Gasteiger partial charge in [0.1, 0.15) is 0 Å². The molecule has 1 heteroatoms. The van der Waals surface area contributed by atoms with Crippen molar-refractivity contribution < 1.29 is 5.11 Å². The molecule has 0 aromatic rings. The molecule has 0 aromatic carbocycles. The minimum Gasteiger partial charge on any atom is -0.478 e. The van der Waals surface area contributed by atoms with E-state index >= 15 is 0 Å². The molecule has 0 saturated carbocycles. The molecular weight excluding hydrogens is 76.1 g/mol. The van der Waals surface area contributed by atoms with E-state index in [9.17, 15) is 0 Å². The molecule has 0 aliphatic heterocycles. The molecule has 6 heavy (non-hydrogen) atoms. The van der Waals surface area contributed by atoms with Gasteiger partial charge in [0.05, 0.1) is 12.5 Å². The lowest BCUT2D eigenvalue weighted by Crippen LogP contribution is -1.71. The van der Waals surface area contributed by atoms with E-state index in [0.29, 0.717) is 5.76 Å². The van der Waals surface area contributed by atoms with Crippen LogP contribution in [0.4, 0.5) is 0 Å². The third-order valence-electron chi connectivity index (χ3n) is 0.592. The van der Waals surface area contributed by atoms with E-state index in [1.807, 2.05) is 0 Å². The quantitative estimate of drug-likeness (QED) is 0.379. The third-order valence-corrected chi connectivity index (χ3v) is 0.592. The number of aliphatic hydroxyl groups is 1. The Morgan fingerprint density at radius 1 is 1.83 bits per heavy atom. The fourth-order valence-corrected chi connectivity index (χ4v) is 0.167. The van der Waals surface area contributed by atoms with Crippen LogP contribution in [-0.2, 0) is 0 Å². The predicted molar refractivity (Wildman–Crippen MR) is 26.4 cm³/mol. The Kier molecular flexibility index (Phi) is 2.38. The Balaban J connectivity index is 3.22. The summed E-state index contributed by atoms with van der Waals surface area (Å²) in [6.07, 6.45) is 3.28. The SMILES string of the molecule is C/C=C(\O)[CH+]C. The Morgan fingerprint density at radius 2 is 2.33 bits per heavy atom. The highest BCUT2D eigenvalue weighted by Gasteiger charge is 1.89.